The predicted molar refractivity (Wildman–Crippen MR) is 118 cm³/mol. The Morgan fingerprint density at radius 2 is 1.96 bits per heavy atom. The lowest BCUT2D eigenvalue weighted by Crippen LogP contribution is -2.39. The topological polar surface area (TPSA) is 78.4 Å². The van der Waals surface area contributed by atoms with Gasteiger partial charge >= 0.3 is 0 Å². The van der Waals surface area contributed by atoms with E-state index in [1.54, 1.807) is 13.1 Å². The van der Waals surface area contributed by atoms with Gasteiger partial charge in [-0.05, 0) is 37.8 Å². The van der Waals surface area contributed by atoms with Crippen molar-refractivity contribution in [3.63, 3.8) is 0 Å². The minimum absolute atomic E-state index is 0. The molecular formula is C19H32IN5O. The van der Waals surface area contributed by atoms with Crippen molar-refractivity contribution in [1.29, 1.82) is 0 Å². The van der Waals surface area contributed by atoms with E-state index >= 15 is 0 Å². The quantitative estimate of drug-likeness (QED) is 0.234. The summed E-state index contributed by atoms with van der Waals surface area (Å²) in [5.74, 6) is 2.23. The van der Waals surface area contributed by atoms with Crippen molar-refractivity contribution in [3.8, 4) is 0 Å². The lowest BCUT2D eigenvalue weighted by Gasteiger charge is -2.13. The highest BCUT2D eigenvalue weighted by atomic mass is 127. The molecule has 1 heterocycles. The Labute approximate surface area is 174 Å². The van der Waals surface area contributed by atoms with Crippen molar-refractivity contribution in [3.05, 3.63) is 23.9 Å². The van der Waals surface area contributed by atoms with Gasteiger partial charge < -0.3 is 16.0 Å². The first kappa shape index (κ1) is 22.7. The first-order valence-corrected chi connectivity index (χ1v) is 9.35. The van der Waals surface area contributed by atoms with Gasteiger partial charge in [-0.25, -0.2) is 4.98 Å². The molecule has 0 bridgehead atoms. The number of anilines is 1. The number of rotatable bonds is 8. The minimum Gasteiger partial charge on any atom is -0.356 e. The van der Waals surface area contributed by atoms with E-state index in [-0.39, 0.29) is 29.9 Å². The first-order chi connectivity index (χ1) is 12.2. The summed E-state index contributed by atoms with van der Waals surface area (Å²) in [6, 6.07) is 5.58. The molecule has 1 aliphatic carbocycles. The lowest BCUT2D eigenvalue weighted by atomic mass is 10.0. The number of nitrogens with one attached hydrogen (secondary N) is 3. The van der Waals surface area contributed by atoms with Crippen LogP contribution in [-0.4, -0.2) is 37.0 Å². The second-order valence-corrected chi connectivity index (χ2v) is 6.68. The van der Waals surface area contributed by atoms with Crippen LogP contribution in [0.4, 0.5) is 5.82 Å². The molecule has 1 aromatic heterocycles. The minimum atomic E-state index is -0.0534. The molecule has 1 aliphatic rings. The Kier molecular flexibility index (Phi) is 11.2. The van der Waals surface area contributed by atoms with Crippen LogP contribution < -0.4 is 16.0 Å². The van der Waals surface area contributed by atoms with Crippen molar-refractivity contribution < 1.29 is 4.79 Å². The van der Waals surface area contributed by atoms with Crippen molar-refractivity contribution in [2.75, 3.05) is 25.5 Å². The van der Waals surface area contributed by atoms with E-state index in [1.165, 1.54) is 38.5 Å². The van der Waals surface area contributed by atoms with Crippen LogP contribution in [0.1, 0.15) is 50.6 Å². The number of carbonyl (C=O) groups excluding carboxylic acids is 1. The zero-order valence-corrected chi connectivity index (χ0v) is 18.2. The van der Waals surface area contributed by atoms with E-state index in [0.717, 1.165) is 24.1 Å². The monoisotopic (exact) mass is 473 g/mol. The molecule has 0 atom stereocenters. The Balaban J connectivity index is 0.00000338. The van der Waals surface area contributed by atoms with E-state index < -0.39 is 0 Å². The number of aryl methyl sites for hydroxylation is 1. The van der Waals surface area contributed by atoms with Gasteiger partial charge in [-0.15, -0.1) is 24.0 Å². The van der Waals surface area contributed by atoms with Gasteiger partial charge in [0, 0.05) is 32.3 Å². The molecule has 1 amide bonds. The molecule has 1 fully saturated rings. The number of hydrogen-bond acceptors (Lipinski definition) is 3. The molecule has 26 heavy (non-hydrogen) atoms. The molecule has 0 spiro atoms. The number of amides is 1. The molecular weight excluding hydrogens is 441 g/mol. The van der Waals surface area contributed by atoms with E-state index in [4.69, 9.17) is 0 Å². The maximum absolute atomic E-state index is 11.9. The van der Waals surface area contributed by atoms with Gasteiger partial charge in [-0.1, -0.05) is 31.7 Å². The largest absolute Gasteiger partial charge is 0.356 e. The van der Waals surface area contributed by atoms with E-state index in [2.05, 4.69) is 25.9 Å². The van der Waals surface area contributed by atoms with Crippen LogP contribution in [0.15, 0.2) is 23.2 Å². The number of guanidine groups is 1. The van der Waals surface area contributed by atoms with E-state index in [9.17, 15) is 4.79 Å². The molecule has 2 rings (SSSR count). The first-order valence-electron chi connectivity index (χ1n) is 9.35. The van der Waals surface area contributed by atoms with Crippen LogP contribution in [0.25, 0.3) is 0 Å². The Morgan fingerprint density at radius 3 is 2.65 bits per heavy atom. The number of halogens is 1. The van der Waals surface area contributed by atoms with Gasteiger partial charge in [0.2, 0.25) is 5.91 Å². The molecule has 7 heteroatoms. The van der Waals surface area contributed by atoms with Crippen LogP contribution in [0, 0.1) is 12.8 Å². The van der Waals surface area contributed by atoms with Gasteiger partial charge in [-0.2, -0.15) is 0 Å². The summed E-state index contributed by atoms with van der Waals surface area (Å²) < 4.78 is 0. The van der Waals surface area contributed by atoms with Gasteiger partial charge in [0.05, 0.1) is 0 Å². The molecule has 0 saturated heterocycles. The fourth-order valence-corrected chi connectivity index (χ4v) is 3.23. The molecule has 6 nitrogen and oxygen atoms in total. The standard InChI is InChI=1S/C19H31N5O.HI/c1-15-7-5-11-17(23-15)24-18(25)12-14-22-19(20-2)21-13-6-10-16-8-3-4-9-16;/h5,7,11,16H,3-4,6,8-10,12-14H2,1-2H3,(H2,20,21,22)(H,23,24,25);1H. The van der Waals surface area contributed by atoms with Crippen molar-refractivity contribution in [2.45, 2.75) is 51.9 Å². The average Bonchev–Trinajstić information content (AvgIpc) is 3.10. The number of carbonyl (C=O) groups is 1. The number of hydrogen-bond donors (Lipinski definition) is 3. The summed E-state index contributed by atoms with van der Waals surface area (Å²) in [4.78, 5) is 20.4. The van der Waals surface area contributed by atoms with Crippen LogP contribution in [0.2, 0.25) is 0 Å². The Morgan fingerprint density at radius 1 is 1.23 bits per heavy atom. The molecule has 0 aromatic carbocycles. The molecule has 0 unspecified atom stereocenters. The normalized spacial score (nSPS) is 14.6. The molecule has 3 N–H and O–H groups in total. The third-order valence-electron chi connectivity index (χ3n) is 4.58. The van der Waals surface area contributed by atoms with Crippen LogP contribution in [-0.2, 0) is 4.79 Å². The van der Waals surface area contributed by atoms with Gasteiger partial charge in [0.1, 0.15) is 5.82 Å². The highest BCUT2D eigenvalue weighted by molar-refractivity contribution is 14.0. The van der Waals surface area contributed by atoms with Crippen LogP contribution >= 0.6 is 24.0 Å². The maximum Gasteiger partial charge on any atom is 0.227 e. The molecule has 146 valence electrons. The van der Waals surface area contributed by atoms with E-state index in [0.29, 0.717) is 18.8 Å². The van der Waals surface area contributed by atoms with E-state index in [1.807, 2.05) is 19.1 Å². The fraction of sp³-hybridized carbons (Fsp3) is 0.632. The Bertz CT molecular complexity index is 573. The zero-order valence-electron chi connectivity index (χ0n) is 15.9. The number of aliphatic imine (C=N–C) groups is 1. The summed E-state index contributed by atoms with van der Waals surface area (Å²) in [7, 11) is 1.75. The van der Waals surface area contributed by atoms with Gasteiger partial charge in [0.15, 0.2) is 5.96 Å². The second-order valence-electron chi connectivity index (χ2n) is 6.68. The van der Waals surface area contributed by atoms with Gasteiger partial charge in [-0.3, -0.25) is 9.79 Å². The SMILES string of the molecule is CN=C(NCCCC1CCCC1)NCCC(=O)Nc1cccc(C)n1.I. The van der Waals surface area contributed by atoms with Crippen LogP contribution in [0.3, 0.4) is 0 Å². The summed E-state index contributed by atoms with van der Waals surface area (Å²) in [6.45, 7) is 3.37. The van der Waals surface area contributed by atoms with Crippen LogP contribution in [0.5, 0.6) is 0 Å². The third kappa shape index (κ3) is 8.82. The molecule has 1 saturated carbocycles. The smallest absolute Gasteiger partial charge is 0.227 e. The third-order valence-corrected chi connectivity index (χ3v) is 4.58. The zero-order chi connectivity index (χ0) is 17.9. The predicted octanol–water partition coefficient (Wildman–Crippen LogP) is 3.47. The maximum atomic E-state index is 11.9. The average molecular weight is 473 g/mol. The number of nitrogens with zero attached hydrogens (tertiary/aromatic N) is 2. The van der Waals surface area contributed by atoms with Gasteiger partial charge in [0.25, 0.3) is 0 Å². The highest BCUT2D eigenvalue weighted by Crippen LogP contribution is 2.28. The second kappa shape index (κ2) is 12.9. The lowest BCUT2D eigenvalue weighted by molar-refractivity contribution is -0.116. The molecule has 1 aromatic rings. The summed E-state index contributed by atoms with van der Waals surface area (Å²) in [5.41, 5.74) is 0.887. The van der Waals surface area contributed by atoms with Crippen molar-refractivity contribution in [1.82, 2.24) is 15.6 Å². The molecule has 0 aliphatic heterocycles. The Hall–Kier alpha value is -1.38. The van der Waals surface area contributed by atoms with Crippen molar-refractivity contribution in [2.24, 2.45) is 10.9 Å². The van der Waals surface area contributed by atoms with Crippen molar-refractivity contribution >= 4 is 41.7 Å². The summed E-state index contributed by atoms with van der Waals surface area (Å²) in [6.07, 6.45) is 8.46. The summed E-state index contributed by atoms with van der Waals surface area (Å²) in [5, 5.41) is 9.31. The molecule has 0 radical (unpaired) electrons. The number of aromatic nitrogens is 1. The fourth-order valence-electron chi connectivity index (χ4n) is 3.23. The highest BCUT2D eigenvalue weighted by Gasteiger charge is 2.14. The summed E-state index contributed by atoms with van der Waals surface area (Å²) >= 11 is 0. The number of pyridine rings is 1.